The molecule has 14 heavy (non-hydrogen) atoms. The van der Waals surface area contributed by atoms with Gasteiger partial charge in [-0.1, -0.05) is 42.5 Å². The molecule has 1 nitrogen and oxygen atoms in total. The predicted molar refractivity (Wildman–Crippen MR) is 63.5 cm³/mol. The minimum absolute atomic E-state index is 0.343. The maximum Gasteiger partial charge on any atom is 0.0445 e. The molecule has 0 fully saturated rings. The van der Waals surface area contributed by atoms with Gasteiger partial charge in [-0.3, -0.25) is 0 Å². The van der Waals surface area contributed by atoms with E-state index in [0.717, 1.165) is 5.69 Å². The van der Waals surface area contributed by atoms with Gasteiger partial charge in [-0.05, 0) is 26.0 Å². The molecule has 1 atom stereocenters. The second-order valence-corrected chi connectivity index (χ2v) is 3.38. The van der Waals surface area contributed by atoms with E-state index in [2.05, 4.69) is 37.9 Å². The molecule has 0 saturated heterocycles. The highest BCUT2D eigenvalue weighted by molar-refractivity contribution is 5.45. The lowest BCUT2D eigenvalue weighted by atomic mass is 10.1. The van der Waals surface area contributed by atoms with Crippen LogP contribution in [0.1, 0.15) is 13.8 Å². The summed E-state index contributed by atoms with van der Waals surface area (Å²) in [5, 5.41) is 3.41. The topological polar surface area (TPSA) is 12.0 Å². The highest BCUT2D eigenvalue weighted by Gasteiger charge is 2.01. The fourth-order valence-electron chi connectivity index (χ4n) is 1.23. The van der Waals surface area contributed by atoms with Crippen LogP contribution in [0.15, 0.2) is 54.6 Å². The zero-order valence-electron chi connectivity index (χ0n) is 8.83. The molecule has 0 aliphatic heterocycles. The normalized spacial score (nSPS) is 13.4. The van der Waals surface area contributed by atoms with Crippen LogP contribution in [0.2, 0.25) is 0 Å². The molecule has 0 unspecified atom stereocenters. The second-order valence-electron chi connectivity index (χ2n) is 3.38. The Bertz CT molecular complexity index is 311. The van der Waals surface area contributed by atoms with E-state index >= 15 is 0 Å². The lowest BCUT2D eigenvalue weighted by Crippen LogP contribution is -2.16. The van der Waals surface area contributed by atoms with Gasteiger partial charge in [-0.25, -0.2) is 0 Å². The van der Waals surface area contributed by atoms with Crippen molar-refractivity contribution in [3.63, 3.8) is 0 Å². The molecule has 0 radical (unpaired) electrons. The molecule has 1 heteroatoms. The SMILES string of the molecule is C=C/C=C(\C)[C@H](C)Nc1ccccc1. The first-order valence-corrected chi connectivity index (χ1v) is 4.85. The van der Waals surface area contributed by atoms with Crippen molar-refractivity contribution in [2.75, 3.05) is 5.32 Å². The number of allylic oxidation sites excluding steroid dienone is 2. The van der Waals surface area contributed by atoms with E-state index in [1.54, 1.807) is 0 Å². The number of hydrogen-bond donors (Lipinski definition) is 1. The first-order chi connectivity index (χ1) is 6.74. The van der Waals surface area contributed by atoms with Crippen molar-refractivity contribution in [1.82, 2.24) is 0 Å². The number of nitrogens with one attached hydrogen (secondary N) is 1. The molecular formula is C13H17N. The standard InChI is InChI=1S/C13H17N/c1-4-8-11(2)12(3)14-13-9-6-5-7-10-13/h4-10,12,14H,1H2,2-3H3/b11-8+/t12-/m0/s1. The van der Waals surface area contributed by atoms with Gasteiger partial charge in [0, 0.05) is 11.7 Å². The number of benzene rings is 1. The maximum absolute atomic E-state index is 3.69. The van der Waals surface area contributed by atoms with Crippen molar-refractivity contribution in [3.05, 3.63) is 54.6 Å². The lowest BCUT2D eigenvalue weighted by Gasteiger charge is -2.15. The van der Waals surface area contributed by atoms with E-state index in [4.69, 9.17) is 0 Å². The third-order valence-corrected chi connectivity index (χ3v) is 2.22. The molecular weight excluding hydrogens is 170 g/mol. The summed E-state index contributed by atoms with van der Waals surface area (Å²) in [6.07, 6.45) is 3.85. The molecule has 1 aromatic carbocycles. The summed E-state index contributed by atoms with van der Waals surface area (Å²) in [5.41, 5.74) is 2.43. The molecule has 1 N–H and O–H groups in total. The van der Waals surface area contributed by atoms with Crippen LogP contribution in [0.4, 0.5) is 5.69 Å². The minimum atomic E-state index is 0.343. The van der Waals surface area contributed by atoms with Gasteiger partial charge in [0.1, 0.15) is 0 Å². The van der Waals surface area contributed by atoms with E-state index in [9.17, 15) is 0 Å². The van der Waals surface area contributed by atoms with Gasteiger partial charge in [0.05, 0.1) is 0 Å². The van der Waals surface area contributed by atoms with Crippen LogP contribution in [0.3, 0.4) is 0 Å². The van der Waals surface area contributed by atoms with Gasteiger partial charge in [-0.2, -0.15) is 0 Å². The molecule has 0 amide bonds. The first-order valence-electron chi connectivity index (χ1n) is 4.85. The Labute approximate surface area is 86.2 Å². The molecule has 0 heterocycles. The van der Waals surface area contributed by atoms with Crippen molar-refractivity contribution < 1.29 is 0 Å². The Morgan fingerprint density at radius 2 is 2.00 bits per heavy atom. The summed E-state index contributed by atoms with van der Waals surface area (Å²) in [6.45, 7) is 7.93. The Hall–Kier alpha value is -1.50. The minimum Gasteiger partial charge on any atom is -0.379 e. The molecule has 1 rings (SSSR count). The number of hydrogen-bond acceptors (Lipinski definition) is 1. The summed E-state index contributed by atoms with van der Waals surface area (Å²) >= 11 is 0. The molecule has 1 aromatic rings. The van der Waals surface area contributed by atoms with E-state index < -0.39 is 0 Å². The molecule has 74 valence electrons. The first kappa shape index (κ1) is 10.6. The number of para-hydroxylation sites is 1. The summed E-state index contributed by atoms with van der Waals surface area (Å²) < 4.78 is 0. The van der Waals surface area contributed by atoms with Crippen molar-refractivity contribution in [1.29, 1.82) is 0 Å². The number of rotatable bonds is 4. The molecule has 0 saturated carbocycles. The predicted octanol–water partition coefficient (Wildman–Crippen LogP) is 3.62. The van der Waals surface area contributed by atoms with Crippen LogP contribution in [0.5, 0.6) is 0 Å². The molecule has 0 spiro atoms. The monoisotopic (exact) mass is 187 g/mol. The van der Waals surface area contributed by atoms with Gasteiger partial charge in [0.2, 0.25) is 0 Å². The lowest BCUT2D eigenvalue weighted by molar-refractivity contribution is 0.924. The fourth-order valence-corrected chi connectivity index (χ4v) is 1.23. The molecule has 0 aromatic heterocycles. The highest BCUT2D eigenvalue weighted by Crippen LogP contribution is 2.11. The third-order valence-electron chi connectivity index (χ3n) is 2.22. The zero-order chi connectivity index (χ0) is 10.4. The fraction of sp³-hybridized carbons (Fsp3) is 0.231. The average molecular weight is 187 g/mol. The van der Waals surface area contributed by atoms with Gasteiger partial charge < -0.3 is 5.32 Å². The molecule has 0 aliphatic carbocycles. The summed E-state index contributed by atoms with van der Waals surface area (Å²) in [6, 6.07) is 10.6. The summed E-state index contributed by atoms with van der Waals surface area (Å²) in [4.78, 5) is 0. The Balaban J connectivity index is 2.61. The van der Waals surface area contributed by atoms with Crippen LogP contribution in [0.25, 0.3) is 0 Å². The van der Waals surface area contributed by atoms with Crippen LogP contribution < -0.4 is 5.32 Å². The Kier molecular flexibility index (Phi) is 3.99. The van der Waals surface area contributed by atoms with Crippen LogP contribution in [0, 0.1) is 0 Å². The second kappa shape index (κ2) is 5.28. The largest absolute Gasteiger partial charge is 0.379 e. The van der Waals surface area contributed by atoms with Crippen molar-refractivity contribution >= 4 is 5.69 Å². The summed E-state index contributed by atoms with van der Waals surface area (Å²) in [5.74, 6) is 0. The maximum atomic E-state index is 3.69. The van der Waals surface area contributed by atoms with Crippen molar-refractivity contribution in [2.24, 2.45) is 0 Å². The van der Waals surface area contributed by atoms with Crippen LogP contribution >= 0.6 is 0 Å². The van der Waals surface area contributed by atoms with E-state index in [1.807, 2.05) is 30.4 Å². The van der Waals surface area contributed by atoms with Gasteiger partial charge >= 0.3 is 0 Å². The number of anilines is 1. The smallest absolute Gasteiger partial charge is 0.0445 e. The zero-order valence-corrected chi connectivity index (χ0v) is 8.83. The highest BCUT2D eigenvalue weighted by atomic mass is 14.9. The Morgan fingerprint density at radius 1 is 1.36 bits per heavy atom. The third kappa shape index (κ3) is 3.09. The Morgan fingerprint density at radius 3 is 2.57 bits per heavy atom. The van der Waals surface area contributed by atoms with Crippen LogP contribution in [-0.4, -0.2) is 6.04 Å². The van der Waals surface area contributed by atoms with E-state index in [1.165, 1.54) is 5.57 Å². The quantitative estimate of drug-likeness (QED) is 0.710. The van der Waals surface area contributed by atoms with Crippen molar-refractivity contribution in [2.45, 2.75) is 19.9 Å². The van der Waals surface area contributed by atoms with Crippen LogP contribution in [-0.2, 0) is 0 Å². The van der Waals surface area contributed by atoms with Gasteiger partial charge in [0.25, 0.3) is 0 Å². The van der Waals surface area contributed by atoms with Gasteiger partial charge in [-0.15, -0.1) is 0 Å². The van der Waals surface area contributed by atoms with E-state index in [-0.39, 0.29) is 0 Å². The molecule has 0 bridgehead atoms. The van der Waals surface area contributed by atoms with Crippen molar-refractivity contribution in [3.8, 4) is 0 Å². The average Bonchev–Trinajstić information content (AvgIpc) is 2.19. The van der Waals surface area contributed by atoms with E-state index in [0.29, 0.717) is 6.04 Å². The summed E-state index contributed by atoms with van der Waals surface area (Å²) in [7, 11) is 0. The van der Waals surface area contributed by atoms with Gasteiger partial charge in [0.15, 0.2) is 0 Å². The molecule has 0 aliphatic rings.